The normalized spacial score (nSPS) is 12.4. The summed E-state index contributed by atoms with van der Waals surface area (Å²) in [6.07, 6.45) is 0.384. The van der Waals surface area contributed by atoms with Crippen LogP contribution in [0.15, 0.2) is 30.0 Å². The number of hydrogen-bond acceptors (Lipinski definition) is 6. The quantitative estimate of drug-likeness (QED) is 0.332. The molecule has 25 heavy (non-hydrogen) atoms. The molecule has 1 aromatic rings. The van der Waals surface area contributed by atoms with Crippen LogP contribution in [0.1, 0.15) is 37.3 Å². The zero-order valence-electron chi connectivity index (χ0n) is 14.9. The summed E-state index contributed by atoms with van der Waals surface area (Å²) in [5.74, 6) is -1.29. The van der Waals surface area contributed by atoms with E-state index in [9.17, 15) is 19.8 Å². The number of ether oxygens (including phenoxy) is 1. The zero-order chi connectivity index (χ0) is 18.1. The SMILES string of the molecule is CN/C(C(=O)[O-])=C(\CCCC(C)O)c1ccc(COC(N)=O)cc1.[Na+]. The number of amides is 1. The van der Waals surface area contributed by atoms with Gasteiger partial charge in [0.05, 0.1) is 17.8 Å². The number of allylic oxidation sites excluding steroid dienone is 1. The Morgan fingerprint density at radius 3 is 2.36 bits per heavy atom. The minimum absolute atomic E-state index is 0. The molecule has 0 radical (unpaired) electrons. The van der Waals surface area contributed by atoms with E-state index in [0.29, 0.717) is 24.8 Å². The summed E-state index contributed by atoms with van der Waals surface area (Å²) < 4.78 is 4.71. The van der Waals surface area contributed by atoms with Gasteiger partial charge in [-0.3, -0.25) is 0 Å². The van der Waals surface area contributed by atoms with Crippen molar-refractivity contribution >= 4 is 17.6 Å². The summed E-state index contributed by atoms with van der Waals surface area (Å²) in [5, 5.41) is 23.4. The third kappa shape index (κ3) is 8.40. The van der Waals surface area contributed by atoms with Gasteiger partial charge in [-0.25, -0.2) is 4.79 Å². The molecule has 0 aliphatic rings. The molecule has 0 fully saturated rings. The molecule has 1 aromatic carbocycles. The van der Waals surface area contributed by atoms with Crippen molar-refractivity contribution in [3.05, 3.63) is 41.1 Å². The van der Waals surface area contributed by atoms with Crippen molar-refractivity contribution in [1.29, 1.82) is 0 Å². The molecular weight excluding hydrogens is 335 g/mol. The number of nitrogens with one attached hydrogen (secondary N) is 1. The van der Waals surface area contributed by atoms with Crippen LogP contribution in [0.4, 0.5) is 4.79 Å². The van der Waals surface area contributed by atoms with Crippen LogP contribution in [-0.2, 0) is 16.1 Å². The third-order valence-corrected chi connectivity index (χ3v) is 3.49. The van der Waals surface area contributed by atoms with Gasteiger partial charge in [-0.1, -0.05) is 24.3 Å². The molecule has 0 aromatic heterocycles. The van der Waals surface area contributed by atoms with Crippen molar-refractivity contribution in [1.82, 2.24) is 5.32 Å². The summed E-state index contributed by atoms with van der Waals surface area (Å²) in [6, 6.07) is 6.96. The molecular formula is C17H23N2NaO5. The Morgan fingerprint density at radius 1 is 1.32 bits per heavy atom. The Bertz CT molecular complexity index is 600. The minimum Gasteiger partial charge on any atom is -0.543 e. The number of benzene rings is 1. The van der Waals surface area contributed by atoms with Crippen molar-refractivity contribution in [3.8, 4) is 0 Å². The first kappa shape index (κ1) is 23.5. The third-order valence-electron chi connectivity index (χ3n) is 3.49. The number of aliphatic carboxylic acids is 1. The first-order valence-corrected chi connectivity index (χ1v) is 7.67. The maximum absolute atomic E-state index is 11.3. The number of carbonyl (C=O) groups excluding carboxylic acids is 2. The molecule has 132 valence electrons. The number of nitrogens with two attached hydrogens (primary N) is 1. The molecule has 0 bridgehead atoms. The molecule has 0 spiro atoms. The van der Waals surface area contributed by atoms with E-state index in [1.54, 1.807) is 31.2 Å². The van der Waals surface area contributed by atoms with Gasteiger partial charge in [-0.15, -0.1) is 0 Å². The van der Waals surface area contributed by atoms with Crippen molar-refractivity contribution in [2.24, 2.45) is 5.73 Å². The average molecular weight is 358 g/mol. The van der Waals surface area contributed by atoms with Crippen molar-refractivity contribution in [2.45, 2.75) is 38.9 Å². The van der Waals surface area contributed by atoms with Gasteiger partial charge in [0.1, 0.15) is 6.61 Å². The van der Waals surface area contributed by atoms with Crippen molar-refractivity contribution in [2.75, 3.05) is 7.05 Å². The number of hydrogen-bond donors (Lipinski definition) is 3. The molecule has 0 heterocycles. The van der Waals surface area contributed by atoms with Crippen LogP contribution in [0.2, 0.25) is 0 Å². The van der Waals surface area contributed by atoms with Crippen LogP contribution in [0.5, 0.6) is 0 Å². The number of aliphatic hydroxyl groups excluding tert-OH is 1. The molecule has 1 rings (SSSR count). The summed E-state index contributed by atoms with van der Waals surface area (Å²) in [6.45, 7) is 1.74. The number of carboxylic acid groups (broad SMARTS) is 1. The summed E-state index contributed by atoms with van der Waals surface area (Å²) in [7, 11) is 1.52. The molecule has 0 aliphatic heterocycles. The van der Waals surface area contributed by atoms with Gasteiger partial charge in [-0.2, -0.15) is 0 Å². The maximum atomic E-state index is 11.3. The number of carboxylic acids is 1. The van der Waals surface area contributed by atoms with Gasteiger partial charge in [0.2, 0.25) is 0 Å². The topological polar surface area (TPSA) is 125 Å². The number of aliphatic hydroxyl groups is 1. The summed E-state index contributed by atoms with van der Waals surface area (Å²) in [4.78, 5) is 22.0. The van der Waals surface area contributed by atoms with Crippen LogP contribution < -0.4 is 45.7 Å². The van der Waals surface area contributed by atoms with E-state index in [1.807, 2.05) is 0 Å². The largest absolute Gasteiger partial charge is 1.00 e. The molecule has 1 amide bonds. The number of primary amides is 1. The molecule has 0 aliphatic carbocycles. The smallest absolute Gasteiger partial charge is 0.543 e. The molecule has 0 saturated carbocycles. The van der Waals surface area contributed by atoms with Gasteiger partial charge in [-0.05, 0) is 42.9 Å². The van der Waals surface area contributed by atoms with Gasteiger partial charge < -0.3 is 30.8 Å². The number of rotatable bonds is 9. The molecule has 1 unspecified atom stereocenters. The Kier molecular flexibility index (Phi) is 11.2. The second-order valence-corrected chi connectivity index (χ2v) is 5.44. The van der Waals surface area contributed by atoms with E-state index in [-0.39, 0.29) is 41.9 Å². The van der Waals surface area contributed by atoms with E-state index in [1.165, 1.54) is 7.05 Å². The van der Waals surface area contributed by atoms with Crippen LogP contribution in [-0.4, -0.2) is 30.3 Å². The van der Waals surface area contributed by atoms with Crippen LogP contribution in [0, 0.1) is 0 Å². The fraction of sp³-hybridized carbons (Fsp3) is 0.412. The van der Waals surface area contributed by atoms with E-state index >= 15 is 0 Å². The number of likely N-dealkylation sites (N-methyl/N-ethyl adjacent to an activating group) is 1. The predicted octanol–water partition coefficient (Wildman–Crippen LogP) is -2.48. The Morgan fingerprint density at radius 2 is 1.92 bits per heavy atom. The molecule has 8 heteroatoms. The first-order chi connectivity index (χ1) is 11.3. The number of carbonyl (C=O) groups is 2. The van der Waals surface area contributed by atoms with Gasteiger partial charge in [0, 0.05) is 7.05 Å². The van der Waals surface area contributed by atoms with Crippen LogP contribution in [0.3, 0.4) is 0 Å². The van der Waals surface area contributed by atoms with E-state index in [2.05, 4.69) is 5.32 Å². The predicted molar refractivity (Wildman–Crippen MR) is 87.3 cm³/mol. The Hall–Kier alpha value is -1.54. The van der Waals surface area contributed by atoms with E-state index < -0.39 is 18.2 Å². The molecule has 4 N–H and O–H groups in total. The standard InChI is InChI=1S/C17H24N2O5.Na/c1-11(20)4-3-5-14(15(19-2)16(21)22)13-8-6-12(7-9-13)10-24-17(18)23;/h6-9,11,19-20H,3-5,10H2,1-2H3,(H2,18,23)(H,21,22);/q;+1/p-1/b15-14+;. The summed E-state index contributed by atoms with van der Waals surface area (Å²) >= 11 is 0. The van der Waals surface area contributed by atoms with Crippen molar-refractivity contribution in [3.63, 3.8) is 0 Å². The fourth-order valence-corrected chi connectivity index (χ4v) is 2.32. The van der Waals surface area contributed by atoms with Crippen LogP contribution >= 0.6 is 0 Å². The van der Waals surface area contributed by atoms with Crippen LogP contribution in [0.25, 0.3) is 5.57 Å². The molecule has 1 atom stereocenters. The molecule has 7 nitrogen and oxygen atoms in total. The van der Waals surface area contributed by atoms with Crippen molar-refractivity contribution < 1.29 is 54.1 Å². The second-order valence-electron chi connectivity index (χ2n) is 5.44. The van der Waals surface area contributed by atoms with Gasteiger partial charge in [0.15, 0.2) is 0 Å². The van der Waals surface area contributed by atoms with Gasteiger partial charge >= 0.3 is 35.7 Å². The Labute approximate surface area is 169 Å². The first-order valence-electron chi connectivity index (χ1n) is 7.67. The van der Waals surface area contributed by atoms with Gasteiger partial charge in [0.25, 0.3) is 0 Å². The summed E-state index contributed by atoms with van der Waals surface area (Å²) in [5.41, 5.74) is 6.99. The monoisotopic (exact) mass is 358 g/mol. The fourth-order valence-electron chi connectivity index (χ4n) is 2.32. The Balaban J connectivity index is 0.00000576. The average Bonchev–Trinajstić information content (AvgIpc) is 2.52. The zero-order valence-corrected chi connectivity index (χ0v) is 16.9. The molecule has 0 saturated heterocycles. The maximum Gasteiger partial charge on any atom is 1.00 e. The van der Waals surface area contributed by atoms with E-state index in [4.69, 9.17) is 10.5 Å². The second kappa shape index (κ2) is 11.9. The van der Waals surface area contributed by atoms with E-state index in [0.717, 1.165) is 11.1 Å². The minimum atomic E-state index is -1.29.